The van der Waals surface area contributed by atoms with E-state index in [1.807, 2.05) is 6.07 Å². The van der Waals surface area contributed by atoms with E-state index >= 15 is 0 Å². The zero-order valence-corrected chi connectivity index (χ0v) is 11.6. The molecule has 3 heteroatoms. The highest BCUT2D eigenvalue weighted by Crippen LogP contribution is 2.48. The molecule has 1 aromatic heterocycles. The minimum atomic E-state index is 0.545. The summed E-state index contributed by atoms with van der Waals surface area (Å²) in [5, 5.41) is 3.59. The minimum Gasteiger partial charge on any atom is -0.316 e. The topological polar surface area (TPSA) is 12.0 Å². The standard InChI is InChI=1S/C13H20ClNS/c1-10(2)8-15-9-13(5-6-13)7-11-3-4-12(14)16-11/h3-4,10,15H,5-9H2,1-2H3. The van der Waals surface area contributed by atoms with Gasteiger partial charge in [-0.05, 0) is 49.3 Å². The Hall–Kier alpha value is -0.0500. The molecule has 0 aliphatic heterocycles. The summed E-state index contributed by atoms with van der Waals surface area (Å²) in [7, 11) is 0. The Bertz CT molecular complexity index is 341. The maximum Gasteiger partial charge on any atom is 0.0931 e. The quantitative estimate of drug-likeness (QED) is 0.813. The summed E-state index contributed by atoms with van der Waals surface area (Å²) in [6.45, 7) is 6.81. The van der Waals surface area contributed by atoms with Gasteiger partial charge < -0.3 is 5.32 Å². The van der Waals surface area contributed by atoms with Gasteiger partial charge in [-0.15, -0.1) is 11.3 Å². The van der Waals surface area contributed by atoms with Crippen LogP contribution >= 0.6 is 22.9 Å². The van der Waals surface area contributed by atoms with Crippen molar-refractivity contribution >= 4 is 22.9 Å². The number of hydrogen-bond acceptors (Lipinski definition) is 2. The normalized spacial score (nSPS) is 18.0. The summed E-state index contributed by atoms with van der Waals surface area (Å²) in [6.07, 6.45) is 3.94. The van der Waals surface area contributed by atoms with E-state index in [9.17, 15) is 0 Å². The Morgan fingerprint density at radius 1 is 1.44 bits per heavy atom. The molecule has 90 valence electrons. The van der Waals surface area contributed by atoms with Crippen molar-refractivity contribution < 1.29 is 0 Å². The number of hydrogen-bond donors (Lipinski definition) is 1. The maximum absolute atomic E-state index is 5.96. The Morgan fingerprint density at radius 2 is 2.19 bits per heavy atom. The van der Waals surface area contributed by atoms with E-state index in [4.69, 9.17) is 11.6 Å². The van der Waals surface area contributed by atoms with Crippen molar-refractivity contribution in [1.29, 1.82) is 0 Å². The van der Waals surface area contributed by atoms with Gasteiger partial charge in [0, 0.05) is 11.4 Å². The van der Waals surface area contributed by atoms with Crippen molar-refractivity contribution in [1.82, 2.24) is 5.32 Å². The van der Waals surface area contributed by atoms with Gasteiger partial charge >= 0.3 is 0 Å². The second kappa shape index (κ2) is 5.07. The molecule has 16 heavy (non-hydrogen) atoms. The van der Waals surface area contributed by atoms with Gasteiger partial charge in [-0.2, -0.15) is 0 Å². The fourth-order valence-corrected chi connectivity index (χ4v) is 3.30. The largest absolute Gasteiger partial charge is 0.316 e. The van der Waals surface area contributed by atoms with Crippen molar-refractivity contribution in [3.05, 3.63) is 21.3 Å². The molecule has 0 bridgehead atoms. The van der Waals surface area contributed by atoms with Crippen molar-refractivity contribution in [2.75, 3.05) is 13.1 Å². The molecule has 1 aromatic rings. The van der Waals surface area contributed by atoms with Crippen LogP contribution < -0.4 is 5.32 Å². The van der Waals surface area contributed by atoms with Gasteiger partial charge in [-0.3, -0.25) is 0 Å². The fourth-order valence-electron chi connectivity index (χ4n) is 2.04. The zero-order valence-electron chi connectivity index (χ0n) is 10.1. The van der Waals surface area contributed by atoms with Gasteiger partial charge in [0.1, 0.15) is 0 Å². The van der Waals surface area contributed by atoms with Gasteiger partial charge in [-0.1, -0.05) is 25.4 Å². The number of halogens is 1. The molecule has 0 unspecified atom stereocenters. The van der Waals surface area contributed by atoms with Crippen LogP contribution in [-0.4, -0.2) is 13.1 Å². The Kier molecular flexibility index (Phi) is 3.93. The lowest BCUT2D eigenvalue weighted by molar-refractivity contribution is 0.434. The summed E-state index contributed by atoms with van der Waals surface area (Å²) >= 11 is 7.69. The van der Waals surface area contributed by atoms with Crippen molar-refractivity contribution in [3.63, 3.8) is 0 Å². The van der Waals surface area contributed by atoms with Gasteiger partial charge in [0.05, 0.1) is 4.34 Å². The highest BCUT2D eigenvalue weighted by molar-refractivity contribution is 7.16. The molecule has 0 atom stereocenters. The molecule has 1 saturated carbocycles. The Balaban J connectivity index is 1.80. The highest BCUT2D eigenvalue weighted by atomic mass is 35.5. The molecule has 1 aliphatic carbocycles. The first-order valence-electron chi connectivity index (χ1n) is 6.05. The lowest BCUT2D eigenvalue weighted by Gasteiger charge is -2.16. The predicted octanol–water partition coefficient (Wildman–Crippen LogP) is 3.97. The first kappa shape index (κ1) is 12.4. The highest BCUT2D eigenvalue weighted by Gasteiger charge is 2.42. The molecule has 1 nitrogen and oxygen atoms in total. The third-order valence-corrected chi connectivity index (χ3v) is 4.42. The SMILES string of the molecule is CC(C)CNCC1(Cc2ccc(Cl)s2)CC1. The summed E-state index contributed by atoms with van der Waals surface area (Å²) < 4.78 is 0.918. The number of thiophene rings is 1. The molecule has 0 saturated heterocycles. The zero-order chi connectivity index (χ0) is 11.6. The molecular weight excluding hydrogens is 238 g/mol. The summed E-state index contributed by atoms with van der Waals surface area (Å²) in [5.74, 6) is 0.743. The molecule has 0 amide bonds. The number of rotatable bonds is 6. The second-order valence-electron chi connectivity index (χ2n) is 5.41. The van der Waals surface area contributed by atoms with Crippen LogP contribution in [0.3, 0.4) is 0 Å². The molecule has 1 heterocycles. The molecule has 0 aromatic carbocycles. The van der Waals surface area contributed by atoms with Gasteiger partial charge in [0.15, 0.2) is 0 Å². The van der Waals surface area contributed by atoms with Crippen LogP contribution in [0.25, 0.3) is 0 Å². The van der Waals surface area contributed by atoms with Gasteiger partial charge in [0.25, 0.3) is 0 Å². The average Bonchev–Trinajstić information content (AvgIpc) is 2.82. The summed E-state index contributed by atoms with van der Waals surface area (Å²) in [6, 6.07) is 4.19. The van der Waals surface area contributed by atoms with Crippen LogP contribution in [0.4, 0.5) is 0 Å². The predicted molar refractivity (Wildman–Crippen MR) is 72.4 cm³/mol. The second-order valence-corrected chi connectivity index (χ2v) is 7.21. The van der Waals surface area contributed by atoms with Crippen LogP contribution in [0.2, 0.25) is 4.34 Å². The fraction of sp³-hybridized carbons (Fsp3) is 0.692. The first-order valence-corrected chi connectivity index (χ1v) is 7.24. The average molecular weight is 258 g/mol. The minimum absolute atomic E-state index is 0.545. The lowest BCUT2D eigenvalue weighted by Crippen LogP contribution is -2.28. The van der Waals surface area contributed by atoms with E-state index in [0.29, 0.717) is 5.41 Å². The van der Waals surface area contributed by atoms with E-state index in [-0.39, 0.29) is 0 Å². The molecular formula is C13H20ClNS. The third-order valence-electron chi connectivity index (χ3n) is 3.19. The summed E-state index contributed by atoms with van der Waals surface area (Å²) in [5.41, 5.74) is 0.545. The van der Waals surface area contributed by atoms with E-state index in [1.54, 1.807) is 11.3 Å². The van der Waals surface area contributed by atoms with Crippen molar-refractivity contribution in [2.45, 2.75) is 33.1 Å². The van der Waals surface area contributed by atoms with Crippen LogP contribution in [0.1, 0.15) is 31.6 Å². The molecule has 0 radical (unpaired) electrons. The van der Waals surface area contributed by atoms with Crippen LogP contribution in [0, 0.1) is 11.3 Å². The summed E-state index contributed by atoms with van der Waals surface area (Å²) in [4.78, 5) is 1.44. The molecule has 2 rings (SSSR count). The van der Waals surface area contributed by atoms with Crippen molar-refractivity contribution in [3.8, 4) is 0 Å². The Labute approximate surface area is 107 Å². The van der Waals surface area contributed by atoms with Gasteiger partial charge in [0.2, 0.25) is 0 Å². The smallest absolute Gasteiger partial charge is 0.0931 e. The molecule has 0 spiro atoms. The van der Waals surface area contributed by atoms with Crippen molar-refractivity contribution in [2.24, 2.45) is 11.3 Å². The molecule has 1 N–H and O–H groups in total. The van der Waals surface area contributed by atoms with Crippen LogP contribution in [0.5, 0.6) is 0 Å². The van der Waals surface area contributed by atoms with Crippen LogP contribution in [-0.2, 0) is 6.42 Å². The Morgan fingerprint density at radius 3 is 2.69 bits per heavy atom. The maximum atomic E-state index is 5.96. The molecule has 1 fully saturated rings. The van der Waals surface area contributed by atoms with E-state index in [1.165, 1.54) is 30.7 Å². The number of nitrogens with one attached hydrogen (secondary N) is 1. The lowest BCUT2D eigenvalue weighted by atomic mass is 10.0. The van der Waals surface area contributed by atoms with E-state index in [0.717, 1.165) is 16.8 Å². The monoisotopic (exact) mass is 257 g/mol. The van der Waals surface area contributed by atoms with E-state index < -0.39 is 0 Å². The van der Waals surface area contributed by atoms with Gasteiger partial charge in [-0.25, -0.2) is 0 Å². The third kappa shape index (κ3) is 3.47. The molecule has 1 aliphatic rings. The van der Waals surface area contributed by atoms with Crippen LogP contribution in [0.15, 0.2) is 12.1 Å². The first-order chi connectivity index (χ1) is 7.60. The van der Waals surface area contributed by atoms with E-state index in [2.05, 4.69) is 25.2 Å².